The molecular weight excluding hydrogens is 291 g/mol. The lowest BCUT2D eigenvalue weighted by atomic mass is 10.2. The van der Waals surface area contributed by atoms with E-state index in [0.717, 1.165) is 25.7 Å². The van der Waals surface area contributed by atoms with Crippen molar-refractivity contribution in [1.29, 1.82) is 0 Å². The van der Waals surface area contributed by atoms with Crippen LogP contribution in [0.25, 0.3) is 0 Å². The number of hydrogen-bond donors (Lipinski definition) is 1. The summed E-state index contributed by atoms with van der Waals surface area (Å²) in [7, 11) is -3.77. The third-order valence-electron chi connectivity index (χ3n) is 4.17. The summed E-state index contributed by atoms with van der Waals surface area (Å²) >= 11 is 0. The predicted octanol–water partition coefficient (Wildman–Crippen LogP) is 2.10. The van der Waals surface area contributed by atoms with E-state index in [1.54, 1.807) is 0 Å². The molecule has 116 valence electrons. The van der Waals surface area contributed by atoms with Gasteiger partial charge in [-0.2, -0.15) is 4.31 Å². The van der Waals surface area contributed by atoms with Gasteiger partial charge in [0, 0.05) is 19.6 Å². The molecule has 2 fully saturated rings. The lowest BCUT2D eigenvalue weighted by molar-refractivity contribution is 0.379. The molecule has 3 rings (SSSR count). The van der Waals surface area contributed by atoms with Gasteiger partial charge >= 0.3 is 0 Å². The highest BCUT2D eigenvalue weighted by Crippen LogP contribution is 2.36. The number of hydrogen-bond acceptors (Lipinski definition) is 3. The molecule has 1 aromatic carbocycles. The van der Waals surface area contributed by atoms with E-state index in [2.05, 4.69) is 0 Å². The van der Waals surface area contributed by atoms with Crippen molar-refractivity contribution < 1.29 is 12.8 Å². The minimum Gasteiger partial charge on any atom is -0.326 e. The van der Waals surface area contributed by atoms with Crippen LogP contribution in [0.3, 0.4) is 0 Å². The van der Waals surface area contributed by atoms with E-state index in [1.165, 1.54) is 22.5 Å². The fourth-order valence-corrected chi connectivity index (χ4v) is 4.17. The van der Waals surface area contributed by atoms with Gasteiger partial charge in [-0.3, -0.25) is 0 Å². The molecular formula is C15H21FN2O2S. The Morgan fingerprint density at radius 1 is 1.14 bits per heavy atom. The maximum Gasteiger partial charge on any atom is 0.246 e. The molecule has 2 aliphatic rings. The van der Waals surface area contributed by atoms with Crippen LogP contribution in [0.4, 0.5) is 4.39 Å². The van der Waals surface area contributed by atoms with Gasteiger partial charge in [-0.1, -0.05) is 6.07 Å². The van der Waals surface area contributed by atoms with Gasteiger partial charge in [0.2, 0.25) is 10.0 Å². The van der Waals surface area contributed by atoms with Crippen molar-refractivity contribution in [3.63, 3.8) is 0 Å². The van der Waals surface area contributed by atoms with Gasteiger partial charge in [-0.15, -0.1) is 0 Å². The molecule has 0 saturated heterocycles. The Bertz CT molecular complexity index is 611. The van der Waals surface area contributed by atoms with Gasteiger partial charge in [-0.05, 0) is 55.2 Å². The maximum atomic E-state index is 14.0. The van der Waals surface area contributed by atoms with Crippen LogP contribution in [-0.2, 0) is 16.6 Å². The summed E-state index contributed by atoms with van der Waals surface area (Å²) in [6.07, 6.45) is 4.29. The zero-order valence-electron chi connectivity index (χ0n) is 12.0. The minimum atomic E-state index is -3.77. The van der Waals surface area contributed by atoms with Crippen LogP contribution in [0.15, 0.2) is 23.1 Å². The summed E-state index contributed by atoms with van der Waals surface area (Å²) < 4.78 is 41.1. The largest absolute Gasteiger partial charge is 0.326 e. The van der Waals surface area contributed by atoms with E-state index in [4.69, 9.17) is 5.73 Å². The molecule has 2 N–H and O–H groups in total. The molecule has 0 amide bonds. The molecule has 6 heteroatoms. The smallest absolute Gasteiger partial charge is 0.246 e. The van der Waals surface area contributed by atoms with Crippen molar-refractivity contribution in [2.45, 2.75) is 37.1 Å². The van der Waals surface area contributed by atoms with Crippen molar-refractivity contribution in [2.24, 2.45) is 17.6 Å². The van der Waals surface area contributed by atoms with Crippen molar-refractivity contribution in [3.05, 3.63) is 29.6 Å². The molecule has 0 aliphatic heterocycles. The van der Waals surface area contributed by atoms with Gasteiger partial charge < -0.3 is 5.73 Å². The van der Waals surface area contributed by atoms with E-state index < -0.39 is 15.8 Å². The molecule has 4 nitrogen and oxygen atoms in total. The van der Waals surface area contributed by atoms with Gasteiger partial charge in [0.05, 0.1) is 0 Å². The van der Waals surface area contributed by atoms with Gasteiger partial charge in [0.15, 0.2) is 0 Å². The first kappa shape index (κ1) is 14.9. The Kier molecular flexibility index (Phi) is 4.03. The second-order valence-corrected chi connectivity index (χ2v) is 8.08. The molecule has 0 unspecified atom stereocenters. The number of nitrogens with zero attached hydrogens (tertiary/aromatic N) is 1. The summed E-state index contributed by atoms with van der Waals surface area (Å²) in [6, 6.07) is 4.10. The lowest BCUT2D eigenvalue weighted by Crippen LogP contribution is -2.35. The topological polar surface area (TPSA) is 63.4 Å². The first-order chi connectivity index (χ1) is 10.0. The van der Waals surface area contributed by atoms with Crippen LogP contribution >= 0.6 is 0 Å². The van der Waals surface area contributed by atoms with Crippen LogP contribution in [0.5, 0.6) is 0 Å². The first-order valence-corrected chi connectivity index (χ1v) is 8.93. The molecule has 21 heavy (non-hydrogen) atoms. The number of benzene rings is 1. The van der Waals surface area contributed by atoms with Crippen LogP contribution in [0, 0.1) is 17.7 Å². The van der Waals surface area contributed by atoms with Crippen LogP contribution in [-0.4, -0.2) is 25.8 Å². The van der Waals surface area contributed by atoms with Crippen LogP contribution in [0.2, 0.25) is 0 Å². The third-order valence-corrected chi connectivity index (χ3v) is 6.01. The van der Waals surface area contributed by atoms with Crippen LogP contribution in [0.1, 0.15) is 31.2 Å². The first-order valence-electron chi connectivity index (χ1n) is 7.49. The van der Waals surface area contributed by atoms with Gasteiger partial charge in [-0.25, -0.2) is 12.8 Å². The van der Waals surface area contributed by atoms with Crippen molar-refractivity contribution >= 4 is 10.0 Å². The Balaban J connectivity index is 1.91. The maximum absolute atomic E-state index is 14.0. The van der Waals surface area contributed by atoms with Crippen molar-refractivity contribution in [3.8, 4) is 0 Å². The minimum absolute atomic E-state index is 0.202. The van der Waals surface area contributed by atoms with E-state index in [9.17, 15) is 12.8 Å². The summed E-state index contributed by atoms with van der Waals surface area (Å²) in [4.78, 5) is -0.230. The van der Waals surface area contributed by atoms with E-state index >= 15 is 0 Å². The van der Waals surface area contributed by atoms with E-state index in [-0.39, 0.29) is 11.4 Å². The average Bonchev–Trinajstić information content (AvgIpc) is 3.33. The summed E-state index contributed by atoms with van der Waals surface area (Å²) in [5.74, 6) is 0.197. The lowest BCUT2D eigenvalue weighted by Gasteiger charge is -2.22. The normalized spacial score (nSPS) is 19.2. The number of sulfonamides is 1. The van der Waals surface area contributed by atoms with E-state index in [1.807, 2.05) is 0 Å². The van der Waals surface area contributed by atoms with E-state index in [0.29, 0.717) is 30.5 Å². The summed E-state index contributed by atoms with van der Waals surface area (Å²) in [6.45, 7) is 1.24. The molecule has 2 saturated carbocycles. The summed E-state index contributed by atoms with van der Waals surface area (Å²) in [5, 5.41) is 0. The van der Waals surface area contributed by atoms with Gasteiger partial charge in [0.1, 0.15) is 10.7 Å². The second-order valence-electron chi connectivity index (χ2n) is 6.18. The monoisotopic (exact) mass is 312 g/mol. The molecule has 0 radical (unpaired) electrons. The standard InChI is InChI=1S/C15H21FN2O2S/c16-14-6-5-13(8-17)7-15(14)21(19,20)18(9-11-1-2-11)10-12-3-4-12/h5-7,11-12H,1-4,8-10,17H2. The zero-order valence-corrected chi connectivity index (χ0v) is 12.8. The predicted molar refractivity (Wildman–Crippen MR) is 78.5 cm³/mol. The Morgan fingerprint density at radius 2 is 1.71 bits per heavy atom. The van der Waals surface area contributed by atoms with Crippen molar-refractivity contribution in [2.75, 3.05) is 13.1 Å². The molecule has 0 heterocycles. The Morgan fingerprint density at radius 3 is 2.19 bits per heavy atom. The van der Waals surface area contributed by atoms with Gasteiger partial charge in [0.25, 0.3) is 0 Å². The highest BCUT2D eigenvalue weighted by molar-refractivity contribution is 7.89. The molecule has 0 atom stereocenters. The number of nitrogens with two attached hydrogens (primary N) is 1. The fourth-order valence-electron chi connectivity index (χ4n) is 2.46. The van der Waals surface area contributed by atoms with Crippen molar-refractivity contribution in [1.82, 2.24) is 4.31 Å². The quantitative estimate of drug-likeness (QED) is 0.838. The highest BCUT2D eigenvalue weighted by Gasteiger charge is 2.36. The molecule has 1 aromatic rings. The Hall–Kier alpha value is -0.980. The zero-order chi connectivity index (χ0) is 15.0. The average molecular weight is 312 g/mol. The number of rotatable bonds is 7. The fraction of sp³-hybridized carbons (Fsp3) is 0.600. The molecule has 0 spiro atoms. The summed E-state index contributed by atoms with van der Waals surface area (Å²) in [5.41, 5.74) is 6.17. The Labute approximate surface area is 125 Å². The highest BCUT2D eigenvalue weighted by atomic mass is 32.2. The number of halogens is 1. The van der Waals surface area contributed by atoms with Crippen LogP contribution < -0.4 is 5.73 Å². The second kappa shape index (κ2) is 5.66. The molecule has 0 aromatic heterocycles. The SMILES string of the molecule is NCc1ccc(F)c(S(=O)(=O)N(CC2CC2)CC2CC2)c1. The third kappa shape index (κ3) is 3.44. The molecule has 2 aliphatic carbocycles. The molecule has 0 bridgehead atoms.